The van der Waals surface area contributed by atoms with Crippen molar-refractivity contribution in [3.8, 4) is 0 Å². The number of esters is 1. The summed E-state index contributed by atoms with van der Waals surface area (Å²) >= 11 is 1.34. The molecule has 0 saturated heterocycles. The number of hydrogen-bond donors (Lipinski definition) is 1. The maximum Gasteiger partial charge on any atom is 0.350 e. The number of hydrogen-bond acceptors (Lipinski definition) is 5. The van der Waals surface area contributed by atoms with Crippen molar-refractivity contribution in [2.45, 2.75) is 38.0 Å². The molecule has 0 amide bonds. The summed E-state index contributed by atoms with van der Waals surface area (Å²) in [4.78, 5) is 16.6. The van der Waals surface area contributed by atoms with Crippen LogP contribution >= 0.6 is 11.3 Å². The molecule has 1 aromatic heterocycles. The number of aromatic nitrogens is 1. The van der Waals surface area contributed by atoms with Crippen LogP contribution in [0.2, 0.25) is 0 Å². The molecule has 0 aliphatic heterocycles. The van der Waals surface area contributed by atoms with Crippen LogP contribution in [0.25, 0.3) is 0 Å². The summed E-state index contributed by atoms with van der Waals surface area (Å²) in [5.41, 5.74) is 4.12. The molecule has 22 heavy (non-hydrogen) atoms. The molecule has 1 fully saturated rings. The van der Waals surface area contributed by atoms with Crippen molar-refractivity contribution in [3.63, 3.8) is 0 Å². The number of rotatable bonds is 4. The molecule has 1 N–H and O–H groups in total. The SMILES string of the molecule is CCOC(=O)c1cnc(Nc2cccc3c2C2CCC3C2)s1. The van der Waals surface area contributed by atoms with Crippen molar-refractivity contribution < 1.29 is 9.53 Å². The number of ether oxygens (including phenoxy) is 1. The van der Waals surface area contributed by atoms with Crippen molar-refractivity contribution in [1.29, 1.82) is 0 Å². The van der Waals surface area contributed by atoms with E-state index in [1.807, 2.05) is 0 Å². The largest absolute Gasteiger partial charge is 0.462 e. The third kappa shape index (κ3) is 2.20. The van der Waals surface area contributed by atoms with Gasteiger partial charge in [-0.3, -0.25) is 0 Å². The van der Waals surface area contributed by atoms with Gasteiger partial charge in [-0.2, -0.15) is 0 Å². The fourth-order valence-electron chi connectivity index (χ4n) is 3.77. The van der Waals surface area contributed by atoms with Crippen LogP contribution in [0.5, 0.6) is 0 Å². The molecule has 2 aliphatic carbocycles. The summed E-state index contributed by atoms with van der Waals surface area (Å²) in [6, 6.07) is 6.49. The highest BCUT2D eigenvalue weighted by atomic mass is 32.1. The van der Waals surface area contributed by atoms with Crippen LogP contribution in [0.1, 0.15) is 58.8 Å². The number of nitrogens with one attached hydrogen (secondary N) is 1. The quantitative estimate of drug-likeness (QED) is 0.848. The summed E-state index contributed by atoms with van der Waals surface area (Å²) in [7, 11) is 0. The molecule has 2 aromatic rings. The van der Waals surface area contributed by atoms with Crippen molar-refractivity contribution in [1.82, 2.24) is 4.98 Å². The maximum atomic E-state index is 11.7. The standard InChI is InChI=1S/C17H18N2O2S/c1-2-21-16(20)14-9-18-17(22-14)19-13-5-3-4-12-10-6-7-11(8-10)15(12)13/h3-5,9-11H,2,6-8H2,1H3,(H,18,19). The second kappa shape index (κ2) is 5.39. The summed E-state index contributed by atoms with van der Waals surface area (Å²) in [6.07, 6.45) is 5.49. The average molecular weight is 314 g/mol. The maximum absolute atomic E-state index is 11.7. The fraction of sp³-hybridized carbons (Fsp3) is 0.412. The number of benzene rings is 1. The molecule has 4 nitrogen and oxygen atoms in total. The Labute approximate surface area is 133 Å². The first-order valence-corrected chi connectivity index (χ1v) is 8.60. The number of fused-ring (bicyclic) bond motifs is 5. The van der Waals surface area contributed by atoms with Crippen molar-refractivity contribution in [2.75, 3.05) is 11.9 Å². The first-order chi connectivity index (χ1) is 10.8. The van der Waals surface area contributed by atoms with Crippen LogP contribution in [0.15, 0.2) is 24.4 Å². The molecule has 1 heterocycles. The first kappa shape index (κ1) is 13.8. The van der Waals surface area contributed by atoms with Crippen molar-refractivity contribution in [3.05, 3.63) is 40.4 Å². The minimum absolute atomic E-state index is 0.301. The second-order valence-electron chi connectivity index (χ2n) is 5.89. The zero-order valence-corrected chi connectivity index (χ0v) is 13.3. The van der Waals surface area contributed by atoms with E-state index < -0.39 is 0 Å². The summed E-state index contributed by atoms with van der Waals surface area (Å²) < 4.78 is 5.01. The number of carbonyl (C=O) groups is 1. The lowest BCUT2D eigenvalue weighted by atomic mass is 9.90. The Balaban J connectivity index is 1.59. The van der Waals surface area contributed by atoms with Crippen molar-refractivity contribution in [2.24, 2.45) is 0 Å². The van der Waals surface area contributed by atoms with Gasteiger partial charge in [0.05, 0.1) is 12.8 Å². The zero-order valence-electron chi connectivity index (χ0n) is 12.5. The molecule has 5 heteroatoms. The topological polar surface area (TPSA) is 51.2 Å². The molecule has 2 aliphatic rings. The Morgan fingerprint density at radius 2 is 2.27 bits per heavy atom. The Morgan fingerprint density at radius 3 is 3.14 bits per heavy atom. The number of nitrogens with zero attached hydrogens (tertiary/aromatic N) is 1. The fourth-order valence-corrected chi connectivity index (χ4v) is 4.50. The molecule has 114 valence electrons. The van der Waals surface area contributed by atoms with E-state index in [2.05, 4.69) is 28.5 Å². The lowest BCUT2D eigenvalue weighted by Gasteiger charge is -2.18. The zero-order chi connectivity index (χ0) is 15.1. The predicted octanol–water partition coefficient (Wildman–Crippen LogP) is 4.43. The lowest BCUT2D eigenvalue weighted by Crippen LogP contribution is -2.02. The van der Waals surface area contributed by atoms with Crippen LogP contribution < -0.4 is 5.32 Å². The lowest BCUT2D eigenvalue weighted by molar-refractivity contribution is 0.0532. The number of anilines is 2. The minimum atomic E-state index is -0.301. The monoisotopic (exact) mass is 314 g/mol. The third-order valence-electron chi connectivity index (χ3n) is 4.64. The van der Waals surface area contributed by atoms with E-state index >= 15 is 0 Å². The van der Waals surface area contributed by atoms with Crippen LogP contribution in [0, 0.1) is 0 Å². The van der Waals surface area contributed by atoms with E-state index in [0.717, 1.165) is 16.7 Å². The highest BCUT2D eigenvalue weighted by Crippen LogP contribution is 2.55. The van der Waals surface area contributed by atoms with Gasteiger partial charge in [0.15, 0.2) is 5.13 Å². The minimum Gasteiger partial charge on any atom is -0.462 e. The van der Waals surface area contributed by atoms with E-state index in [0.29, 0.717) is 17.4 Å². The second-order valence-corrected chi connectivity index (χ2v) is 6.92. The Bertz CT molecular complexity index is 725. The van der Waals surface area contributed by atoms with Crippen LogP contribution in [0.3, 0.4) is 0 Å². The van der Waals surface area contributed by atoms with E-state index in [9.17, 15) is 4.79 Å². The van der Waals surface area contributed by atoms with Crippen LogP contribution in [-0.2, 0) is 4.74 Å². The molecule has 1 aromatic carbocycles. The molecule has 2 unspecified atom stereocenters. The molecule has 2 atom stereocenters. The summed E-state index contributed by atoms with van der Waals surface area (Å²) in [5, 5.41) is 4.16. The number of carbonyl (C=O) groups excluding carboxylic acids is 1. The van der Waals surface area contributed by atoms with Gasteiger partial charge in [-0.05, 0) is 55.2 Å². The summed E-state index contributed by atoms with van der Waals surface area (Å²) in [5.74, 6) is 1.13. The van der Waals surface area contributed by atoms with Gasteiger partial charge < -0.3 is 10.1 Å². The normalized spacial score (nSPS) is 21.7. The van der Waals surface area contributed by atoms with E-state index in [-0.39, 0.29) is 5.97 Å². The summed E-state index contributed by atoms with van der Waals surface area (Å²) in [6.45, 7) is 2.19. The van der Waals surface area contributed by atoms with Gasteiger partial charge in [0.25, 0.3) is 0 Å². The smallest absolute Gasteiger partial charge is 0.350 e. The Hall–Kier alpha value is -1.88. The molecule has 0 radical (unpaired) electrons. The van der Waals surface area contributed by atoms with Gasteiger partial charge >= 0.3 is 5.97 Å². The Morgan fingerprint density at radius 1 is 1.41 bits per heavy atom. The van der Waals surface area contributed by atoms with Gasteiger partial charge in [0.1, 0.15) is 4.88 Å². The van der Waals surface area contributed by atoms with Gasteiger partial charge in [-0.25, -0.2) is 9.78 Å². The van der Waals surface area contributed by atoms with E-state index in [1.165, 1.54) is 41.7 Å². The highest BCUT2D eigenvalue weighted by Gasteiger charge is 2.38. The van der Waals surface area contributed by atoms with Gasteiger partial charge in [0.2, 0.25) is 0 Å². The molecule has 1 saturated carbocycles. The molecule has 4 rings (SSSR count). The van der Waals surface area contributed by atoms with Gasteiger partial charge in [0, 0.05) is 5.69 Å². The van der Waals surface area contributed by atoms with Crippen molar-refractivity contribution >= 4 is 28.1 Å². The molecule has 2 bridgehead atoms. The Kier molecular flexibility index (Phi) is 3.37. The molecule has 0 spiro atoms. The third-order valence-corrected chi connectivity index (χ3v) is 5.54. The first-order valence-electron chi connectivity index (χ1n) is 7.79. The number of thiazole rings is 1. The van der Waals surface area contributed by atoms with E-state index in [1.54, 1.807) is 13.1 Å². The average Bonchev–Trinajstić information content (AvgIpc) is 3.23. The van der Waals surface area contributed by atoms with Gasteiger partial charge in [-0.15, -0.1) is 0 Å². The van der Waals surface area contributed by atoms with Crippen LogP contribution in [0.4, 0.5) is 10.8 Å². The van der Waals surface area contributed by atoms with Gasteiger partial charge in [-0.1, -0.05) is 23.5 Å². The predicted molar refractivity (Wildman–Crippen MR) is 87.1 cm³/mol. The van der Waals surface area contributed by atoms with Crippen LogP contribution in [-0.4, -0.2) is 17.6 Å². The van der Waals surface area contributed by atoms with E-state index in [4.69, 9.17) is 4.74 Å². The molecular formula is C17H18N2O2S. The highest BCUT2D eigenvalue weighted by molar-refractivity contribution is 7.17. The molecular weight excluding hydrogens is 296 g/mol.